The van der Waals surface area contributed by atoms with Crippen LogP contribution < -0.4 is 14.4 Å². The third-order valence-electron chi connectivity index (χ3n) is 3.61. The third kappa shape index (κ3) is 4.29. The predicted octanol–water partition coefficient (Wildman–Crippen LogP) is 2.77. The highest BCUT2D eigenvalue weighted by Crippen LogP contribution is 2.26. The highest BCUT2D eigenvalue weighted by Gasteiger charge is 2.30. The first-order valence-electron chi connectivity index (χ1n) is 7.53. The number of sulfonamides is 1. The van der Waals surface area contributed by atoms with Crippen LogP contribution >= 0.6 is 0 Å². The van der Waals surface area contributed by atoms with Gasteiger partial charge in [0, 0.05) is 6.07 Å². The van der Waals surface area contributed by atoms with Crippen molar-refractivity contribution in [1.29, 1.82) is 0 Å². The van der Waals surface area contributed by atoms with Crippen LogP contribution in [-0.2, 0) is 14.8 Å². The van der Waals surface area contributed by atoms with Gasteiger partial charge in [0.1, 0.15) is 11.8 Å². The Morgan fingerprint density at radius 3 is 2.38 bits per heavy atom. The van der Waals surface area contributed by atoms with Crippen LogP contribution in [0.2, 0.25) is 0 Å². The lowest BCUT2D eigenvalue weighted by Crippen LogP contribution is -2.45. The number of para-hydroxylation sites is 2. The Morgan fingerprint density at radius 1 is 1.15 bits per heavy atom. The molecule has 0 radical (unpaired) electrons. The summed E-state index contributed by atoms with van der Waals surface area (Å²) in [4.78, 5) is 12.6. The van der Waals surface area contributed by atoms with E-state index in [2.05, 4.69) is 5.32 Å². The van der Waals surface area contributed by atoms with E-state index in [1.807, 2.05) is 0 Å². The van der Waals surface area contributed by atoms with Crippen LogP contribution in [0, 0.1) is 11.6 Å². The minimum Gasteiger partial charge on any atom is -0.495 e. The molecule has 2 aromatic carbocycles. The van der Waals surface area contributed by atoms with E-state index in [-0.39, 0.29) is 5.69 Å². The molecule has 2 rings (SSSR count). The average molecular weight is 384 g/mol. The van der Waals surface area contributed by atoms with Crippen LogP contribution in [0.5, 0.6) is 5.75 Å². The quantitative estimate of drug-likeness (QED) is 0.831. The molecule has 6 nitrogen and oxygen atoms in total. The smallest absolute Gasteiger partial charge is 0.248 e. The first kappa shape index (κ1) is 19.6. The number of methoxy groups -OCH3 is 1. The molecule has 0 aromatic heterocycles. The molecule has 0 aliphatic rings. The Labute approximate surface area is 150 Å². The Bertz CT molecular complexity index is 919. The molecule has 26 heavy (non-hydrogen) atoms. The summed E-state index contributed by atoms with van der Waals surface area (Å²) in [6.45, 7) is 1.34. The van der Waals surface area contributed by atoms with Crippen molar-refractivity contribution in [2.75, 3.05) is 23.0 Å². The number of hydrogen-bond donors (Lipinski definition) is 1. The van der Waals surface area contributed by atoms with Gasteiger partial charge in [-0.3, -0.25) is 9.10 Å². The average Bonchev–Trinajstić information content (AvgIpc) is 2.57. The Morgan fingerprint density at radius 2 is 1.81 bits per heavy atom. The molecule has 0 aliphatic carbocycles. The lowest BCUT2D eigenvalue weighted by atomic mass is 10.2. The maximum absolute atomic E-state index is 13.5. The zero-order valence-electron chi connectivity index (χ0n) is 14.4. The van der Waals surface area contributed by atoms with E-state index >= 15 is 0 Å². The van der Waals surface area contributed by atoms with E-state index in [4.69, 9.17) is 4.74 Å². The van der Waals surface area contributed by atoms with Gasteiger partial charge in [0.2, 0.25) is 15.9 Å². The van der Waals surface area contributed by atoms with E-state index in [0.29, 0.717) is 11.4 Å². The van der Waals surface area contributed by atoms with Gasteiger partial charge in [-0.1, -0.05) is 12.1 Å². The number of carbonyl (C=O) groups excluding carboxylic acids is 1. The number of rotatable bonds is 6. The van der Waals surface area contributed by atoms with Crippen LogP contribution in [0.15, 0.2) is 42.5 Å². The molecule has 0 unspecified atom stereocenters. The Kier molecular flexibility index (Phi) is 5.81. The largest absolute Gasteiger partial charge is 0.495 e. The molecule has 0 saturated carbocycles. The van der Waals surface area contributed by atoms with E-state index in [1.54, 1.807) is 24.3 Å². The summed E-state index contributed by atoms with van der Waals surface area (Å²) in [5.74, 6) is -2.60. The van der Waals surface area contributed by atoms with Crippen molar-refractivity contribution in [3.63, 3.8) is 0 Å². The second-order valence-corrected chi connectivity index (χ2v) is 7.38. The molecule has 0 saturated heterocycles. The second kappa shape index (κ2) is 7.69. The fourth-order valence-corrected chi connectivity index (χ4v) is 3.58. The van der Waals surface area contributed by atoms with E-state index in [9.17, 15) is 22.0 Å². The molecule has 9 heteroatoms. The third-order valence-corrected chi connectivity index (χ3v) is 4.85. The number of nitrogens with one attached hydrogen (secondary N) is 1. The van der Waals surface area contributed by atoms with E-state index in [1.165, 1.54) is 14.0 Å². The molecule has 1 atom stereocenters. The number of ether oxygens (including phenoxy) is 1. The molecule has 1 N–H and O–H groups in total. The monoisotopic (exact) mass is 384 g/mol. The summed E-state index contributed by atoms with van der Waals surface area (Å²) >= 11 is 0. The summed E-state index contributed by atoms with van der Waals surface area (Å²) in [6.07, 6.45) is 0.876. The molecule has 1 amide bonds. The summed E-state index contributed by atoms with van der Waals surface area (Å²) in [5, 5.41) is 2.57. The zero-order valence-corrected chi connectivity index (χ0v) is 15.2. The first-order chi connectivity index (χ1) is 12.1. The van der Waals surface area contributed by atoms with Crippen LogP contribution in [0.1, 0.15) is 6.92 Å². The van der Waals surface area contributed by atoms with Crippen LogP contribution in [0.4, 0.5) is 20.2 Å². The van der Waals surface area contributed by atoms with E-state index < -0.39 is 33.6 Å². The maximum atomic E-state index is 13.5. The predicted molar refractivity (Wildman–Crippen MR) is 94.8 cm³/mol. The number of hydrogen-bond acceptors (Lipinski definition) is 4. The van der Waals surface area contributed by atoms with Gasteiger partial charge < -0.3 is 10.1 Å². The van der Waals surface area contributed by atoms with Crippen LogP contribution in [0.25, 0.3) is 0 Å². The minimum absolute atomic E-state index is 0.158. The van der Waals surface area contributed by atoms with Crippen molar-refractivity contribution in [3.05, 3.63) is 54.1 Å². The maximum Gasteiger partial charge on any atom is 0.248 e. The Hall–Kier alpha value is -2.68. The minimum atomic E-state index is -3.95. The molecule has 0 bridgehead atoms. The number of amides is 1. The number of carbonyl (C=O) groups is 1. The van der Waals surface area contributed by atoms with Crippen LogP contribution in [0.3, 0.4) is 0 Å². The summed E-state index contributed by atoms with van der Waals surface area (Å²) < 4.78 is 56.8. The zero-order chi connectivity index (χ0) is 19.5. The number of nitrogens with zero attached hydrogens (tertiary/aromatic N) is 1. The van der Waals surface area contributed by atoms with Crippen molar-refractivity contribution in [1.82, 2.24) is 0 Å². The number of halogens is 2. The SMILES string of the molecule is COc1ccccc1NC(=O)[C@@H](C)N(c1ccc(F)c(F)c1)S(C)(=O)=O. The molecule has 2 aromatic rings. The molecule has 0 spiro atoms. The van der Waals surface area contributed by atoms with Gasteiger partial charge in [-0.25, -0.2) is 17.2 Å². The molecule has 0 fully saturated rings. The van der Waals surface area contributed by atoms with Gasteiger partial charge in [0.15, 0.2) is 11.6 Å². The molecule has 0 aliphatic heterocycles. The lowest BCUT2D eigenvalue weighted by molar-refractivity contribution is -0.116. The molecule has 0 heterocycles. The Balaban J connectivity index is 2.36. The second-order valence-electron chi connectivity index (χ2n) is 5.52. The van der Waals surface area contributed by atoms with Gasteiger partial charge in [0.25, 0.3) is 0 Å². The van der Waals surface area contributed by atoms with Crippen molar-refractivity contribution < 1.29 is 26.7 Å². The summed E-state index contributed by atoms with van der Waals surface area (Å²) in [5.41, 5.74) is 0.194. The number of anilines is 2. The highest BCUT2D eigenvalue weighted by atomic mass is 32.2. The van der Waals surface area contributed by atoms with Crippen molar-refractivity contribution in [2.24, 2.45) is 0 Å². The van der Waals surface area contributed by atoms with Gasteiger partial charge in [-0.05, 0) is 31.2 Å². The van der Waals surface area contributed by atoms with Gasteiger partial charge >= 0.3 is 0 Å². The topological polar surface area (TPSA) is 75.7 Å². The molecule has 140 valence electrons. The highest BCUT2D eigenvalue weighted by molar-refractivity contribution is 7.92. The van der Waals surface area contributed by atoms with Gasteiger partial charge in [-0.2, -0.15) is 0 Å². The van der Waals surface area contributed by atoms with E-state index in [0.717, 1.165) is 28.8 Å². The normalized spacial score (nSPS) is 12.3. The van der Waals surface area contributed by atoms with Crippen molar-refractivity contribution in [2.45, 2.75) is 13.0 Å². The first-order valence-corrected chi connectivity index (χ1v) is 9.38. The van der Waals surface area contributed by atoms with Crippen molar-refractivity contribution >= 4 is 27.3 Å². The van der Waals surface area contributed by atoms with Crippen LogP contribution in [-0.4, -0.2) is 33.7 Å². The summed E-state index contributed by atoms with van der Waals surface area (Å²) in [7, 11) is -2.52. The van der Waals surface area contributed by atoms with Crippen molar-refractivity contribution in [3.8, 4) is 5.75 Å². The standard InChI is InChI=1S/C17H18F2N2O4S/c1-11(17(22)20-15-6-4-5-7-16(15)25-2)21(26(3,23)24)12-8-9-13(18)14(19)10-12/h4-11H,1-3H3,(H,20,22)/t11-/m1/s1. The number of benzene rings is 2. The summed E-state index contributed by atoms with van der Waals surface area (Å²) in [6, 6.07) is 7.99. The fourth-order valence-electron chi connectivity index (χ4n) is 2.42. The molecular formula is C17H18F2N2O4S. The molecular weight excluding hydrogens is 366 g/mol. The lowest BCUT2D eigenvalue weighted by Gasteiger charge is -2.28. The van der Waals surface area contributed by atoms with Gasteiger partial charge in [-0.15, -0.1) is 0 Å². The van der Waals surface area contributed by atoms with Gasteiger partial charge in [0.05, 0.1) is 24.7 Å². The fraction of sp³-hybridized carbons (Fsp3) is 0.235.